The molecule has 0 aliphatic rings. The molecule has 9 heteroatoms. The average Bonchev–Trinajstić information content (AvgIpc) is 2.83. The van der Waals surface area contributed by atoms with Gasteiger partial charge in [0, 0.05) is 32.5 Å². The molecule has 3 aromatic rings. The van der Waals surface area contributed by atoms with Gasteiger partial charge in [-0.15, -0.1) is 0 Å². The highest BCUT2D eigenvalue weighted by atomic mass is 32.2. The smallest absolute Gasteiger partial charge is 0.247 e. The Hall–Kier alpha value is -3.56. The Balaban J connectivity index is 1.96. The fourth-order valence-electron chi connectivity index (χ4n) is 3.40. The molecule has 1 atom stereocenters. The van der Waals surface area contributed by atoms with E-state index in [1.807, 2.05) is 42.5 Å². The Bertz CT molecular complexity index is 1190. The Labute approximate surface area is 200 Å². The third-order valence-electron chi connectivity index (χ3n) is 5.31. The molecule has 0 spiro atoms. The van der Waals surface area contributed by atoms with Crippen molar-refractivity contribution in [1.82, 2.24) is 19.5 Å². The first-order chi connectivity index (χ1) is 16.3. The summed E-state index contributed by atoms with van der Waals surface area (Å²) in [6, 6.07) is 20.9. The Morgan fingerprint density at radius 3 is 2.15 bits per heavy atom. The molecule has 8 nitrogen and oxygen atoms in total. The number of carbonyl (C=O) groups is 2. The molecular weight excluding hydrogens is 452 g/mol. The number of benzene rings is 2. The summed E-state index contributed by atoms with van der Waals surface area (Å²) >= 11 is 0. The van der Waals surface area contributed by atoms with Crippen molar-refractivity contribution in [1.29, 1.82) is 0 Å². The number of rotatable bonds is 10. The van der Waals surface area contributed by atoms with Crippen LogP contribution >= 0.6 is 0 Å². The third-order valence-corrected chi connectivity index (χ3v) is 6.57. The summed E-state index contributed by atoms with van der Waals surface area (Å²) in [7, 11) is -2.24. The zero-order chi connectivity index (χ0) is 24.6. The monoisotopic (exact) mass is 480 g/mol. The minimum Gasteiger partial charge on any atom is -0.350 e. The number of hydrogen-bond donors (Lipinski definition) is 1. The van der Waals surface area contributed by atoms with E-state index in [1.54, 1.807) is 42.7 Å². The summed E-state index contributed by atoms with van der Waals surface area (Å²) in [4.78, 5) is 32.4. The van der Waals surface area contributed by atoms with Crippen LogP contribution in [0, 0.1) is 0 Å². The third kappa shape index (κ3) is 6.97. The first-order valence-corrected chi connectivity index (χ1v) is 12.6. The second kappa shape index (κ2) is 11.5. The van der Waals surface area contributed by atoms with Crippen LogP contribution in [-0.2, 0) is 32.7 Å². The maximum Gasteiger partial charge on any atom is 0.247 e. The SMILES string of the molecule is CN(CC(=O)N(Cc1ccccc1)[C@H](C(=O)NCc1cccnc1)c1ccccc1)S(C)(=O)=O. The van der Waals surface area contributed by atoms with E-state index in [1.165, 1.54) is 11.9 Å². The largest absolute Gasteiger partial charge is 0.350 e. The van der Waals surface area contributed by atoms with E-state index in [0.29, 0.717) is 5.56 Å². The number of amides is 2. The molecule has 2 aromatic carbocycles. The number of hydrogen-bond acceptors (Lipinski definition) is 5. The standard InChI is InChI=1S/C25H28N4O4S/c1-28(34(2,32)33)19-23(30)29(18-20-10-5-3-6-11-20)24(22-13-7-4-8-14-22)25(31)27-17-21-12-9-15-26-16-21/h3-16,24H,17-19H2,1-2H3,(H,27,31)/t24-/m0/s1. The van der Waals surface area contributed by atoms with Gasteiger partial charge < -0.3 is 10.2 Å². The molecule has 34 heavy (non-hydrogen) atoms. The van der Waals surface area contributed by atoms with Gasteiger partial charge in [-0.2, -0.15) is 4.31 Å². The number of nitrogens with zero attached hydrogens (tertiary/aromatic N) is 3. The van der Waals surface area contributed by atoms with Crippen molar-refractivity contribution in [2.24, 2.45) is 0 Å². The molecule has 2 amide bonds. The molecule has 3 rings (SSSR count). The Morgan fingerprint density at radius 2 is 1.56 bits per heavy atom. The normalized spacial score (nSPS) is 12.2. The second-order valence-corrected chi connectivity index (χ2v) is 10.0. The van der Waals surface area contributed by atoms with Crippen molar-refractivity contribution in [3.63, 3.8) is 0 Å². The van der Waals surface area contributed by atoms with Crippen LogP contribution < -0.4 is 5.32 Å². The minimum atomic E-state index is -3.58. The molecule has 0 unspecified atom stereocenters. The summed E-state index contributed by atoms with van der Waals surface area (Å²) in [5.41, 5.74) is 2.26. The van der Waals surface area contributed by atoms with Gasteiger partial charge in [-0.3, -0.25) is 14.6 Å². The summed E-state index contributed by atoms with van der Waals surface area (Å²) in [5.74, 6) is -0.858. The van der Waals surface area contributed by atoms with Crippen LogP contribution in [0.4, 0.5) is 0 Å². The maximum absolute atomic E-state index is 13.5. The number of pyridine rings is 1. The van der Waals surface area contributed by atoms with Crippen LogP contribution in [0.25, 0.3) is 0 Å². The van der Waals surface area contributed by atoms with Crippen LogP contribution in [0.15, 0.2) is 85.2 Å². The lowest BCUT2D eigenvalue weighted by molar-refractivity contribution is -0.141. The van der Waals surface area contributed by atoms with Gasteiger partial charge >= 0.3 is 0 Å². The fourth-order valence-corrected chi connectivity index (χ4v) is 3.74. The van der Waals surface area contributed by atoms with Gasteiger partial charge in [-0.25, -0.2) is 8.42 Å². The lowest BCUT2D eigenvalue weighted by atomic mass is 10.0. The van der Waals surface area contributed by atoms with Gasteiger partial charge in [0.05, 0.1) is 12.8 Å². The van der Waals surface area contributed by atoms with Gasteiger partial charge in [-0.1, -0.05) is 66.7 Å². The molecule has 0 fully saturated rings. The molecular formula is C25H28N4O4S. The lowest BCUT2D eigenvalue weighted by Crippen LogP contribution is -2.47. The van der Waals surface area contributed by atoms with E-state index in [4.69, 9.17) is 0 Å². The summed E-state index contributed by atoms with van der Waals surface area (Å²) in [5, 5.41) is 2.90. The number of sulfonamides is 1. The number of nitrogens with one attached hydrogen (secondary N) is 1. The first-order valence-electron chi connectivity index (χ1n) is 10.7. The molecule has 0 aliphatic heterocycles. The summed E-state index contributed by atoms with van der Waals surface area (Å²) in [6.45, 7) is -0.00531. The topological polar surface area (TPSA) is 99.7 Å². The first kappa shape index (κ1) is 25.1. The van der Waals surface area contributed by atoms with Gasteiger partial charge in [0.1, 0.15) is 6.04 Å². The quantitative estimate of drug-likeness (QED) is 0.480. The molecule has 178 valence electrons. The Kier molecular flexibility index (Phi) is 8.50. The maximum atomic E-state index is 13.5. The molecule has 1 N–H and O–H groups in total. The van der Waals surface area contributed by atoms with E-state index in [2.05, 4.69) is 10.3 Å². The second-order valence-electron chi connectivity index (χ2n) is 7.92. The highest BCUT2D eigenvalue weighted by molar-refractivity contribution is 7.88. The van der Waals surface area contributed by atoms with Crippen molar-refractivity contribution in [2.75, 3.05) is 19.8 Å². The van der Waals surface area contributed by atoms with E-state index >= 15 is 0 Å². The van der Waals surface area contributed by atoms with Crippen LogP contribution in [0.5, 0.6) is 0 Å². The van der Waals surface area contributed by atoms with Gasteiger partial charge in [0.2, 0.25) is 21.8 Å². The number of aromatic nitrogens is 1. The Morgan fingerprint density at radius 1 is 0.941 bits per heavy atom. The van der Waals surface area contributed by atoms with E-state index in [9.17, 15) is 18.0 Å². The highest BCUT2D eigenvalue weighted by Gasteiger charge is 2.32. The molecule has 0 aliphatic carbocycles. The van der Waals surface area contributed by atoms with Crippen LogP contribution in [-0.4, -0.2) is 54.3 Å². The van der Waals surface area contributed by atoms with Crippen molar-refractivity contribution in [3.8, 4) is 0 Å². The van der Waals surface area contributed by atoms with Crippen molar-refractivity contribution < 1.29 is 18.0 Å². The van der Waals surface area contributed by atoms with E-state index < -0.39 is 22.0 Å². The molecule has 1 aromatic heterocycles. The molecule has 0 saturated heterocycles. The van der Waals surface area contributed by atoms with Crippen molar-refractivity contribution >= 4 is 21.8 Å². The minimum absolute atomic E-state index is 0.136. The number of likely N-dealkylation sites (N-methyl/N-ethyl adjacent to an activating group) is 1. The molecule has 1 heterocycles. The van der Waals surface area contributed by atoms with Gasteiger partial charge in [-0.05, 0) is 22.8 Å². The average molecular weight is 481 g/mol. The predicted molar refractivity (Wildman–Crippen MR) is 130 cm³/mol. The zero-order valence-corrected chi connectivity index (χ0v) is 20.0. The van der Waals surface area contributed by atoms with Crippen LogP contribution in [0.2, 0.25) is 0 Å². The fraction of sp³-hybridized carbons (Fsp3) is 0.240. The number of carbonyl (C=O) groups excluding carboxylic acids is 2. The summed E-state index contributed by atoms with van der Waals surface area (Å²) in [6.07, 6.45) is 4.35. The highest BCUT2D eigenvalue weighted by Crippen LogP contribution is 2.24. The van der Waals surface area contributed by atoms with Crippen molar-refractivity contribution in [3.05, 3.63) is 102 Å². The van der Waals surface area contributed by atoms with Crippen LogP contribution in [0.1, 0.15) is 22.7 Å². The lowest BCUT2D eigenvalue weighted by Gasteiger charge is -2.32. The molecule has 0 radical (unpaired) electrons. The van der Waals surface area contributed by atoms with Crippen molar-refractivity contribution in [2.45, 2.75) is 19.1 Å². The molecule has 0 bridgehead atoms. The predicted octanol–water partition coefficient (Wildman–Crippen LogP) is 2.36. The molecule has 0 saturated carbocycles. The zero-order valence-electron chi connectivity index (χ0n) is 19.2. The van der Waals surface area contributed by atoms with Crippen LogP contribution in [0.3, 0.4) is 0 Å². The van der Waals surface area contributed by atoms with Gasteiger partial charge in [0.15, 0.2) is 0 Å². The van der Waals surface area contributed by atoms with E-state index in [-0.39, 0.29) is 25.5 Å². The summed E-state index contributed by atoms with van der Waals surface area (Å²) < 4.78 is 24.9. The van der Waals surface area contributed by atoms with Gasteiger partial charge in [0.25, 0.3) is 0 Å². The van der Waals surface area contributed by atoms with E-state index in [0.717, 1.165) is 21.7 Å².